The number of nitrogens with one attached hydrogen (secondary N) is 1. The molecule has 0 aliphatic heterocycles. The third-order valence-electron chi connectivity index (χ3n) is 4.00. The van der Waals surface area contributed by atoms with E-state index in [0.29, 0.717) is 17.2 Å². The standard InChI is InChI=1S/C21H18Cl2N2O4S/c1-30(27,28)25(19-9-5-8-18(22)21(19)23)14-20(26)24-15-10-12-17(13-11-15)29-16-6-3-2-4-7-16/h2-13H,14H2,1H3,(H,24,26). The average Bonchev–Trinajstić information content (AvgIpc) is 2.70. The van der Waals surface area contributed by atoms with E-state index in [9.17, 15) is 13.2 Å². The maximum Gasteiger partial charge on any atom is 0.245 e. The van der Waals surface area contributed by atoms with Crippen LogP contribution >= 0.6 is 23.2 Å². The summed E-state index contributed by atoms with van der Waals surface area (Å²) in [7, 11) is -3.78. The highest BCUT2D eigenvalue weighted by Gasteiger charge is 2.24. The second-order valence-electron chi connectivity index (χ2n) is 6.33. The monoisotopic (exact) mass is 464 g/mol. The fourth-order valence-corrected chi connectivity index (χ4v) is 3.94. The third kappa shape index (κ3) is 5.66. The third-order valence-corrected chi connectivity index (χ3v) is 5.94. The highest BCUT2D eigenvalue weighted by molar-refractivity contribution is 7.92. The minimum absolute atomic E-state index is 0.0554. The van der Waals surface area contributed by atoms with E-state index < -0.39 is 22.5 Å². The fraction of sp³-hybridized carbons (Fsp3) is 0.0952. The molecule has 0 unspecified atom stereocenters. The molecule has 0 atom stereocenters. The molecule has 3 aromatic rings. The predicted octanol–water partition coefficient (Wildman–Crippen LogP) is 5.19. The van der Waals surface area contributed by atoms with Crippen molar-refractivity contribution in [2.24, 2.45) is 0 Å². The Bertz CT molecular complexity index is 1140. The number of rotatable bonds is 7. The Hall–Kier alpha value is -2.74. The number of benzene rings is 3. The zero-order valence-corrected chi connectivity index (χ0v) is 18.2. The quantitative estimate of drug-likeness (QED) is 0.521. The number of hydrogen-bond acceptors (Lipinski definition) is 4. The van der Waals surface area contributed by atoms with Crippen LogP contribution in [0.2, 0.25) is 10.0 Å². The number of amides is 1. The van der Waals surface area contributed by atoms with Crippen molar-refractivity contribution in [2.45, 2.75) is 0 Å². The van der Waals surface area contributed by atoms with Crippen LogP contribution in [0.5, 0.6) is 11.5 Å². The molecule has 3 aromatic carbocycles. The molecule has 9 heteroatoms. The number of nitrogens with zero attached hydrogens (tertiary/aromatic N) is 1. The summed E-state index contributed by atoms with van der Waals surface area (Å²) in [6.07, 6.45) is 0.993. The smallest absolute Gasteiger partial charge is 0.245 e. The highest BCUT2D eigenvalue weighted by Crippen LogP contribution is 2.33. The van der Waals surface area contributed by atoms with Gasteiger partial charge in [-0.1, -0.05) is 47.5 Å². The van der Waals surface area contributed by atoms with Crippen molar-refractivity contribution in [3.05, 3.63) is 82.8 Å². The summed E-state index contributed by atoms with van der Waals surface area (Å²) in [4.78, 5) is 12.5. The van der Waals surface area contributed by atoms with E-state index >= 15 is 0 Å². The van der Waals surface area contributed by atoms with Gasteiger partial charge in [-0.15, -0.1) is 0 Å². The van der Waals surface area contributed by atoms with E-state index in [2.05, 4.69) is 5.32 Å². The van der Waals surface area contributed by atoms with Gasteiger partial charge in [-0.25, -0.2) is 8.42 Å². The van der Waals surface area contributed by atoms with Gasteiger partial charge in [0.25, 0.3) is 0 Å². The summed E-state index contributed by atoms with van der Waals surface area (Å²) in [5.74, 6) is 0.757. The van der Waals surface area contributed by atoms with Crippen molar-refractivity contribution in [1.29, 1.82) is 0 Å². The van der Waals surface area contributed by atoms with Crippen molar-refractivity contribution >= 4 is 50.5 Å². The van der Waals surface area contributed by atoms with Crippen LogP contribution in [0.25, 0.3) is 0 Å². The molecule has 0 bridgehead atoms. The van der Waals surface area contributed by atoms with Crippen molar-refractivity contribution in [1.82, 2.24) is 0 Å². The second kappa shape index (κ2) is 9.38. The molecule has 0 aliphatic carbocycles. The van der Waals surface area contributed by atoms with Gasteiger partial charge in [0.2, 0.25) is 15.9 Å². The topological polar surface area (TPSA) is 75.7 Å². The molecule has 1 amide bonds. The van der Waals surface area contributed by atoms with Crippen LogP contribution in [0.1, 0.15) is 0 Å². The summed E-state index contributed by atoms with van der Waals surface area (Å²) in [6.45, 7) is -0.457. The lowest BCUT2D eigenvalue weighted by Gasteiger charge is -2.23. The summed E-state index contributed by atoms with van der Waals surface area (Å²) in [5, 5.41) is 2.91. The average molecular weight is 465 g/mol. The van der Waals surface area contributed by atoms with E-state index in [-0.39, 0.29) is 15.7 Å². The van der Waals surface area contributed by atoms with Crippen LogP contribution in [0.3, 0.4) is 0 Å². The first-order chi connectivity index (χ1) is 14.2. The van der Waals surface area contributed by atoms with E-state index in [1.165, 1.54) is 12.1 Å². The number of halogens is 2. The van der Waals surface area contributed by atoms with Gasteiger partial charge in [0, 0.05) is 5.69 Å². The van der Waals surface area contributed by atoms with Crippen LogP contribution in [0.15, 0.2) is 72.8 Å². The molecule has 0 aliphatic rings. The molecule has 0 fully saturated rings. The molecule has 0 aromatic heterocycles. The largest absolute Gasteiger partial charge is 0.457 e. The minimum atomic E-state index is -3.78. The van der Waals surface area contributed by atoms with Gasteiger partial charge >= 0.3 is 0 Å². The lowest BCUT2D eigenvalue weighted by atomic mass is 10.3. The molecule has 0 radical (unpaired) electrons. The maximum absolute atomic E-state index is 12.5. The van der Waals surface area contributed by atoms with Crippen molar-refractivity contribution in [3.63, 3.8) is 0 Å². The van der Waals surface area contributed by atoms with Crippen LogP contribution in [-0.2, 0) is 14.8 Å². The predicted molar refractivity (Wildman–Crippen MR) is 120 cm³/mol. The Kier molecular flexibility index (Phi) is 6.87. The summed E-state index contributed by atoms with van der Waals surface area (Å²) in [5.41, 5.74) is 0.625. The van der Waals surface area contributed by atoms with Gasteiger partial charge < -0.3 is 10.1 Å². The number of hydrogen-bond donors (Lipinski definition) is 1. The van der Waals surface area contributed by atoms with Crippen LogP contribution < -0.4 is 14.4 Å². The summed E-state index contributed by atoms with van der Waals surface area (Å²) < 4.78 is 31.1. The van der Waals surface area contributed by atoms with E-state index in [1.807, 2.05) is 30.3 Å². The normalized spacial score (nSPS) is 11.0. The molecular formula is C21H18Cl2N2O4S. The van der Waals surface area contributed by atoms with Gasteiger partial charge in [-0.3, -0.25) is 9.10 Å². The second-order valence-corrected chi connectivity index (χ2v) is 9.02. The van der Waals surface area contributed by atoms with E-state index in [4.69, 9.17) is 27.9 Å². The molecule has 0 spiro atoms. The first-order valence-electron chi connectivity index (χ1n) is 8.78. The molecule has 0 heterocycles. The SMILES string of the molecule is CS(=O)(=O)N(CC(=O)Nc1ccc(Oc2ccccc2)cc1)c1cccc(Cl)c1Cl. The van der Waals surface area contributed by atoms with Gasteiger partial charge in [-0.05, 0) is 48.5 Å². The Morgan fingerprint density at radius 3 is 2.20 bits per heavy atom. The van der Waals surface area contributed by atoms with Gasteiger partial charge in [0.05, 0.1) is 22.0 Å². The molecule has 30 heavy (non-hydrogen) atoms. The Morgan fingerprint density at radius 2 is 1.57 bits per heavy atom. The molecule has 1 N–H and O–H groups in total. The summed E-state index contributed by atoms with van der Waals surface area (Å²) >= 11 is 12.1. The zero-order chi connectivity index (χ0) is 21.7. The number of sulfonamides is 1. The minimum Gasteiger partial charge on any atom is -0.457 e. The lowest BCUT2D eigenvalue weighted by molar-refractivity contribution is -0.114. The molecule has 156 valence electrons. The van der Waals surface area contributed by atoms with Crippen LogP contribution in [0.4, 0.5) is 11.4 Å². The molecule has 3 rings (SSSR count). The fourth-order valence-electron chi connectivity index (χ4n) is 2.63. The summed E-state index contributed by atoms with van der Waals surface area (Å²) in [6, 6.07) is 20.6. The number of para-hydroxylation sites is 1. The van der Waals surface area contributed by atoms with Crippen molar-refractivity contribution in [3.8, 4) is 11.5 Å². The molecule has 0 saturated heterocycles. The van der Waals surface area contributed by atoms with Gasteiger partial charge in [0.1, 0.15) is 18.0 Å². The first-order valence-corrected chi connectivity index (χ1v) is 11.4. The first kappa shape index (κ1) is 22.0. The van der Waals surface area contributed by atoms with E-state index in [1.54, 1.807) is 30.3 Å². The Balaban J connectivity index is 1.70. The molecule has 6 nitrogen and oxygen atoms in total. The zero-order valence-electron chi connectivity index (χ0n) is 15.9. The Morgan fingerprint density at radius 1 is 0.933 bits per heavy atom. The van der Waals surface area contributed by atoms with E-state index in [0.717, 1.165) is 10.6 Å². The maximum atomic E-state index is 12.5. The van der Waals surface area contributed by atoms with Gasteiger partial charge in [-0.2, -0.15) is 0 Å². The van der Waals surface area contributed by atoms with Crippen LogP contribution in [0, 0.1) is 0 Å². The van der Waals surface area contributed by atoms with Crippen LogP contribution in [-0.4, -0.2) is 27.1 Å². The number of carbonyl (C=O) groups is 1. The molecular weight excluding hydrogens is 447 g/mol. The number of carbonyl (C=O) groups excluding carboxylic acids is 1. The Labute approximate surface area is 185 Å². The van der Waals surface area contributed by atoms with Crippen molar-refractivity contribution in [2.75, 3.05) is 22.4 Å². The molecule has 0 saturated carbocycles. The lowest BCUT2D eigenvalue weighted by Crippen LogP contribution is -2.37. The number of ether oxygens (including phenoxy) is 1. The van der Waals surface area contributed by atoms with Gasteiger partial charge in [0.15, 0.2) is 0 Å². The highest BCUT2D eigenvalue weighted by atomic mass is 35.5. The number of anilines is 2. The van der Waals surface area contributed by atoms with Crippen molar-refractivity contribution < 1.29 is 17.9 Å².